The van der Waals surface area contributed by atoms with E-state index in [1.165, 1.54) is 11.8 Å². The second-order valence-corrected chi connectivity index (χ2v) is 8.90. The van der Waals surface area contributed by atoms with Gasteiger partial charge in [-0.05, 0) is 47.7 Å². The van der Waals surface area contributed by atoms with Crippen molar-refractivity contribution in [3.63, 3.8) is 0 Å². The first kappa shape index (κ1) is 24.2. The molecule has 0 aromatic heterocycles. The zero-order valence-electron chi connectivity index (χ0n) is 19.0. The van der Waals surface area contributed by atoms with E-state index in [1.54, 1.807) is 6.08 Å². The van der Waals surface area contributed by atoms with Gasteiger partial charge in [-0.15, -0.1) is 0 Å². The van der Waals surface area contributed by atoms with Gasteiger partial charge in [0.1, 0.15) is 5.75 Å². The Morgan fingerprint density at radius 1 is 1.10 bits per heavy atom. The lowest BCUT2D eigenvalue weighted by Gasteiger charge is -2.29. The molecular formula is C26H36N4O. The zero-order valence-corrected chi connectivity index (χ0v) is 19.0. The number of rotatable bonds is 11. The molecule has 0 aliphatic heterocycles. The highest BCUT2D eigenvalue weighted by Gasteiger charge is 2.16. The average molecular weight is 421 g/mol. The molecule has 0 atom stereocenters. The number of nitrogen functional groups attached to an aromatic ring is 1. The predicted molar refractivity (Wildman–Crippen MR) is 132 cm³/mol. The van der Waals surface area contributed by atoms with Crippen LogP contribution < -0.4 is 16.2 Å². The lowest BCUT2D eigenvalue weighted by atomic mass is 9.95. The van der Waals surface area contributed by atoms with Gasteiger partial charge in [0.15, 0.2) is 0 Å². The van der Waals surface area contributed by atoms with Crippen molar-refractivity contribution in [2.24, 2.45) is 11.1 Å². The van der Waals surface area contributed by atoms with Crippen LogP contribution in [0.1, 0.15) is 38.3 Å². The Labute approximate surface area is 186 Å². The Morgan fingerprint density at radius 2 is 1.87 bits per heavy atom. The maximum Gasteiger partial charge on any atom is 0.119 e. The van der Waals surface area contributed by atoms with Crippen LogP contribution in [0.5, 0.6) is 5.75 Å². The van der Waals surface area contributed by atoms with Gasteiger partial charge in [0, 0.05) is 42.8 Å². The fourth-order valence-corrected chi connectivity index (χ4v) is 3.34. The molecule has 0 aliphatic carbocycles. The summed E-state index contributed by atoms with van der Waals surface area (Å²) in [7, 11) is 0. The van der Waals surface area contributed by atoms with Gasteiger partial charge >= 0.3 is 0 Å². The predicted octanol–water partition coefficient (Wildman–Crippen LogP) is 5.09. The van der Waals surface area contributed by atoms with Crippen LogP contribution in [0.2, 0.25) is 0 Å². The third-order valence-corrected chi connectivity index (χ3v) is 4.57. The Balaban J connectivity index is 1.85. The van der Waals surface area contributed by atoms with E-state index in [0.717, 1.165) is 43.1 Å². The van der Waals surface area contributed by atoms with Gasteiger partial charge in [-0.1, -0.05) is 57.2 Å². The Bertz CT molecular complexity index is 896. The van der Waals surface area contributed by atoms with Gasteiger partial charge in [0.2, 0.25) is 0 Å². The minimum atomic E-state index is 0.219. The van der Waals surface area contributed by atoms with E-state index in [1.807, 2.05) is 42.5 Å². The summed E-state index contributed by atoms with van der Waals surface area (Å²) in [5.41, 5.74) is 15.5. The standard InChI is InChI=1S/C26H36N4O/c1-26(2,3)20-30(19-21-9-7-11-23(28)17-21)15-5-4-6-16-31-24-12-8-10-22(18-24)25(29)13-14-27/h4-5,7-14,17-18,27H,6,15-16,19-20,28-29H2,1-3H3/b5-4+,25-13?,27-14?. The molecule has 5 nitrogen and oxygen atoms in total. The number of hydrogen-bond donors (Lipinski definition) is 3. The van der Waals surface area contributed by atoms with Crippen molar-refractivity contribution < 1.29 is 4.74 Å². The summed E-state index contributed by atoms with van der Waals surface area (Å²) in [5, 5.41) is 7.13. The minimum Gasteiger partial charge on any atom is -0.493 e. The highest BCUT2D eigenvalue weighted by molar-refractivity contribution is 5.81. The minimum absolute atomic E-state index is 0.219. The molecule has 5 heteroatoms. The summed E-state index contributed by atoms with van der Waals surface area (Å²) in [6.45, 7) is 10.1. The molecule has 2 rings (SSSR count). The molecule has 0 unspecified atom stereocenters. The highest BCUT2D eigenvalue weighted by atomic mass is 16.5. The highest BCUT2D eigenvalue weighted by Crippen LogP contribution is 2.19. The molecule has 0 aliphatic rings. The number of ether oxygens (including phenoxy) is 1. The van der Waals surface area contributed by atoms with Crippen LogP contribution in [-0.2, 0) is 6.54 Å². The third kappa shape index (κ3) is 9.53. The van der Waals surface area contributed by atoms with Crippen molar-refractivity contribution in [2.75, 3.05) is 25.4 Å². The summed E-state index contributed by atoms with van der Waals surface area (Å²) < 4.78 is 5.85. The van der Waals surface area contributed by atoms with Crippen LogP contribution in [-0.4, -0.2) is 30.8 Å². The van der Waals surface area contributed by atoms with Crippen LogP contribution in [0.4, 0.5) is 5.69 Å². The summed E-state index contributed by atoms with van der Waals surface area (Å²) in [6, 6.07) is 15.7. The van der Waals surface area contributed by atoms with Gasteiger partial charge in [-0.3, -0.25) is 4.90 Å². The van der Waals surface area contributed by atoms with Crippen LogP contribution in [0, 0.1) is 10.8 Å². The SMILES string of the molecule is CC(C)(C)CN(C/C=C/CCOc1cccc(C(N)=CC=N)c1)Cc1cccc(N)c1. The summed E-state index contributed by atoms with van der Waals surface area (Å²) in [6.07, 6.45) is 7.96. The van der Waals surface area contributed by atoms with Crippen LogP contribution in [0.25, 0.3) is 5.70 Å². The van der Waals surface area contributed by atoms with E-state index in [0.29, 0.717) is 12.3 Å². The van der Waals surface area contributed by atoms with E-state index in [-0.39, 0.29) is 5.41 Å². The van der Waals surface area contributed by atoms with Crippen LogP contribution in [0.15, 0.2) is 66.8 Å². The molecule has 166 valence electrons. The van der Waals surface area contributed by atoms with E-state index in [4.69, 9.17) is 21.6 Å². The van der Waals surface area contributed by atoms with Crippen LogP contribution in [0.3, 0.4) is 0 Å². The first-order valence-electron chi connectivity index (χ1n) is 10.7. The Hall–Kier alpha value is -3.05. The number of allylic oxidation sites excluding steroid dienone is 1. The van der Waals surface area contributed by atoms with Gasteiger partial charge in [-0.25, -0.2) is 0 Å². The molecule has 2 aromatic carbocycles. The molecule has 31 heavy (non-hydrogen) atoms. The molecule has 0 spiro atoms. The molecule has 2 aromatic rings. The number of nitrogens with zero attached hydrogens (tertiary/aromatic N) is 1. The fourth-order valence-electron chi connectivity index (χ4n) is 3.34. The maximum absolute atomic E-state index is 7.13. The van der Waals surface area contributed by atoms with Crippen molar-refractivity contribution >= 4 is 17.6 Å². The molecule has 0 saturated carbocycles. The lowest BCUT2D eigenvalue weighted by molar-refractivity contribution is 0.201. The largest absolute Gasteiger partial charge is 0.493 e. The molecule has 0 saturated heterocycles. The molecular weight excluding hydrogens is 384 g/mol. The average Bonchev–Trinajstić information content (AvgIpc) is 2.70. The molecule has 0 fully saturated rings. The lowest BCUT2D eigenvalue weighted by Crippen LogP contribution is -2.32. The van der Waals surface area contributed by atoms with Gasteiger partial charge in [0.25, 0.3) is 0 Å². The summed E-state index contributed by atoms with van der Waals surface area (Å²) >= 11 is 0. The van der Waals surface area contributed by atoms with E-state index in [2.05, 4.69) is 43.9 Å². The molecule has 0 bridgehead atoms. The van der Waals surface area contributed by atoms with Gasteiger partial charge < -0.3 is 21.6 Å². The van der Waals surface area contributed by atoms with Crippen molar-refractivity contribution in [3.05, 3.63) is 77.9 Å². The molecule has 5 N–H and O–H groups in total. The Kier molecular flexibility index (Phi) is 9.35. The van der Waals surface area contributed by atoms with Gasteiger partial charge in [0.05, 0.1) is 6.61 Å². The molecule has 0 amide bonds. The topological polar surface area (TPSA) is 88.4 Å². The van der Waals surface area contributed by atoms with Crippen LogP contribution >= 0.6 is 0 Å². The second kappa shape index (κ2) is 12.0. The molecule has 0 radical (unpaired) electrons. The number of nitrogens with two attached hydrogens (primary N) is 2. The number of hydrogen-bond acceptors (Lipinski definition) is 5. The zero-order chi connectivity index (χ0) is 22.7. The van der Waals surface area contributed by atoms with Gasteiger partial charge in [-0.2, -0.15) is 0 Å². The number of benzene rings is 2. The van der Waals surface area contributed by atoms with E-state index in [9.17, 15) is 0 Å². The summed E-state index contributed by atoms with van der Waals surface area (Å²) in [5.74, 6) is 0.781. The van der Waals surface area contributed by atoms with Crippen molar-refractivity contribution in [2.45, 2.75) is 33.7 Å². The maximum atomic E-state index is 7.13. The number of nitrogens with one attached hydrogen (secondary N) is 1. The van der Waals surface area contributed by atoms with Crippen molar-refractivity contribution in [1.29, 1.82) is 5.41 Å². The summed E-state index contributed by atoms with van der Waals surface area (Å²) in [4.78, 5) is 2.44. The van der Waals surface area contributed by atoms with E-state index >= 15 is 0 Å². The number of anilines is 1. The third-order valence-electron chi connectivity index (χ3n) is 4.57. The normalized spacial score (nSPS) is 12.5. The monoisotopic (exact) mass is 420 g/mol. The second-order valence-electron chi connectivity index (χ2n) is 8.90. The fraction of sp³-hybridized carbons (Fsp3) is 0.346. The molecule has 0 heterocycles. The quantitative estimate of drug-likeness (QED) is 0.204. The van der Waals surface area contributed by atoms with Crippen molar-refractivity contribution in [3.8, 4) is 5.75 Å². The first-order valence-corrected chi connectivity index (χ1v) is 10.7. The van der Waals surface area contributed by atoms with Crippen molar-refractivity contribution in [1.82, 2.24) is 4.90 Å². The van der Waals surface area contributed by atoms with E-state index < -0.39 is 0 Å². The first-order chi connectivity index (χ1) is 14.8. The smallest absolute Gasteiger partial charge is 0.119 e. The Morgan fingerprint density at radius 3 is 2.58 bits per heavy atom.